The molecular weight excluding hydrogens is 272 g/mol. The van der Waals surface area contributed by atoms with Crippen molar-refractivity contribution in [2.75, 3.05) is 0 Å². The van der Waals surface area contributed by atoms with E-state index in [2.05, 4.69) is 20.9 Å². The summed E-state index contributed by atoms with van der Waals surface area (Å²) in [7, 11) is 0. The van der Waals surface area contributed by atoms with E-state index >= 15 is 0 Å². The Morgan fingerprint density at radius 1 is 1.53 bits per heavy atom. The number of carboxylic acids is 1. The van der Waals surface area contributed by atoms with Crippen LogP contribution in [0.3, 0.4) is 0 Å². The number of pyridine rings is 1. The number of aromatic nitrogens is 1. The third-order valence-electron chi connectivity index (χ3n) is 1.83. The zero-order chi connectivity index (χ0) is 11.4. The lowest BCUT2D eigenvalue weighted by Gasteiger charge is -2.12. The summed E-state index contributed by atoms with van der Waals surface area (Å²) in [5.41, 5.74) is 0.0931. The fraction of sp³-hybridized carbons (Fsp3) is 0.333. The second-order valence-corrected chi connectivity index (χ2v) is 3.86. The molecule has 0 aromatic carbocycles. The predicted octanol–water partition coefficient (Wildman–Crippen LogP) is 2.67. The Morgan fingerprint density at radius 3 is 2.60 bits per heavy atom. The van der Waals surface area contributed by atoms with Crippen molar-refractivity contribution in [3.05, 3.63) is 28.5 Å². The molecule has 1 rings (SSSR count). The number of aliphatic carboxylic acids is 1. The number of nitrogens with zero attached hydrogens (tertiary/aromatic N) is 1. The van der Waals surface area contributed by atoms with E-state index < -0.39 is 24.7 Å². The van der Waals surface area contributed by atoms with Crippen LogP contribution < -0.4 is 0 Å². The Hall–Kier alpha value is -1.04. The smallest absolute Gasteiger partial charge is 0.304 e. The third-order valence-corrected chi connectivity index (χ3v) is 2.30. The maximum Gasteiger partial charge on any atom is 0.304 e. The molecule has 0 aliphatic heterocycles. The molecule has 15 heavy (non-hydrogen) atoms. The Morgan fingerprint density at radius 2 is 2.20 bits per heavy atom. The first kappa shape index (κ1) is 12.0. The highest BCUT2D eigenvalue weighted by Gasteiger charge is 2.26. The van der Waals surface area contributed by atoms with Gasteiger partial charge in [-0.1, -0.05) is 0 Å². The van der Waals surface area contributed by atoms with E-state index in [1.165, 1.54) is 12.3 Å². The van der Waals surface area contributed by atoms with Crippen molar-refractivity contribution in [2.24, 2.45) is 0 Å². The molecule has 0 aliphatic carbocycles. The zero-order valence-electron chi connectivity index (χ0n) is 7.53. The van der Waals surface area contributed by atoms with Crippen molar-refractivity contribution in [3.8, 4) is 0 Å². The minimum atomic E-state index is -2.73. The van der Waals surface area contributed by atoms with E-state index in [-0.39, 0.29) is 5.69 Å². The van der Waals surface area contributed by atoms with Gasteiger partial charge in [-0.15, -0.1) is 0 Å². The first-order valence-corrected chi connectivity index (χ1v) is 4.91. The number of halogens is 3. The fourth-order valence-corrected chi connectivity index (χ4v) is 1.35. The Labute approximate surface area is 93.3 Å². The first-order chi connectivity index (χ1) is 7.00. The van der Waals surface area contributed by atoms with Gasteiger partial charge in [-0.3, -0.25) is 9.78 Å². The van der Waals surface area contributed by atoms with Gasteiger partial charge in [0.2, 0.25) is 6.43 Å². The Balaban J connectivity index is 2.88. The fourth-order valence-electron chi connectivity index (χ4n) is 1.12. The van der Waals surface area contributed by atoms with Gasteiger partial charge in [-0.05, 0) is 28.1 Å². The molecule has 0 saturated heterocycles. The van der Waals surface area contributed by atoms with E-state index in [0.717, 1.165) is 0 Å². The van der Waals surface area contributed by atoms with Crippen molar-refractivity contribution < 1.29 is 18.7 Å². The molecule has 1 unspecified atom stereocenters. The molecule has 0 radical (unpaired) electrons. The lowest BCUT2D eigenvalue weighted by atomic mass is 10.0. The minimum Gasteiger partial charge on any atom is -0.481 e. The SMILES string of the molecule is O=C(O)CC(c1ccc(Br)cn1)C(F)F. The van der Waals surface area contributed by atoms with E-state index in [0.29, 0.717) is 4.47 Å². The lowest BCUT2D eigenvalue weighted by Crippen LogP contribution is -2.15. The summed E-state index contributed by atoms with van der Waals surface area (Å²) < 4.78 is 25.7. The summed E-state index contributed by atoms with van der Waals surface area (Å²) in [5.74, 6) is -2.61. The number of carbonyl (C=O) groups is 1. The normalized spacial score (nSPS) is 12.8. The number of alkyl halides is 2. The van der Waals surface area contributed by atoms with E-state index in [4.69, 9.17) is 5.11 Å². The van der Waals surface area contributed by atoms with Crippen LogP contribution in [0.15, 0.2) is 22.8 Å². The number of hydrogen-bond acceptors (Lipinski definition) is 2. The van der Waals surface area contributed by atoms with Gasteiger partial charge in [0.1, 0.15) is 0 Å². The van der Waals surface area contributed by atoms with Crippen LogP contribution in [0.1, 0.15) is 18.0 Å². The second kappa shape index (κ2) is 5.16. The van der Waals surface area contributed by atoms with Crippen molar-refractivity contribution in [2.45, 2.75) is 18.8 Å². The Kier molecular flexibility index (Phi) is 4.14. The summed E-state index contributed by atoms with van der Waals surface area (Å²) in [6.45, 7) is 0. The summed E-state index contributed by atoms with van der Waals surface area (Å²) >= 11 is 3.12. The zero-order valence-corrected chi connectivity index (χ0v) is 9.12. The molecule has 1 atom stereocenters. The highest BCUT2D eigenvalue weighted by molar-refractivity contribution is 9.10. The van der Waals surface area contributed by atoms with Crippen molar-refractivity contribution in [3.63, 3.8) is 0 Å². The highest BCUT2D eigenvalue weighted by atomic mass is 79.9. The van der Waals surface area contributed by atoms with Crippen molar-refractivity contribution >= 4 is 21.9 Å². The maximum absolute atomic E-state index is 12.5. The molecule has 1 heterocycles. The molecular formula is C9H8BrF2NO2. The minimum absolute atomic E-state index is 0.0931. The van der Waals surface area contributed by atoms with Crippen LogP contribution in [0.25, 0.3) is 0 Å². The molecule has 6 heteroatoms. The van der Waals surface area contributed by atoms with Gasteiger partial charge in [0.25, 0.3) is 0 Å². The van der Waals surface area contributed by atoms with Crippen LogP contribution in [-0.2, 0) is 4.79 Å². The monoisotopic (exact) mass is 279 g/mol. The van der Waals surface area contributed by atoms with E-state index in [1.807, 2.05) is 0 Å². The average molecular weight is 280 g/mol. The first-order valence-electron chi connectivity index (χ1n) is 4.12. The molecule has 0 spiro atoms. The molecule has 1 aromatic rings. The molecule has 82 valence electrons. The summed E-state index contributed by atoms with van der Waals surface area (Å²) in [4.78, 5) is 14.1. The van der Waals surface area contributed by atoms with Crippen LogP contribution in [0, 0.1) is 0 Å². The van der Waals surface area contributed by atoms with Crippen molar-refractivity contribution in [1.29, 1.82) is 0 Å². The predicted molar refractivity (Wildman–Crippen MR) is 52.9 cm³/mol. The number of rotatable bonds is 4. The van der Waals surface area contributed by atoms with Crippen LogP contribution in [0.2, 0.25) is 0 Å². The van der Waals surface area contributed by atoms with Crippen LogP contribution in [-0.4, -0.2) is 22.5 Å². The van der Waals surface area contributed by atoms with Gasteiger partial charge in [0.05, 0.1) is 12.3 Å². The third kappa shape index (κ3) is 3.54. The summed E-state index contributed by atoms with van der Waals surface area (Å²) in [5, 5.41) is 8.48. The summed E-state index contributed by atoms with van der Waals surface area (Å²) in [6, 6.07) is 2.95. The molecule has 1 N–H and O–H groups in total. The molecule has 0 amide bonds. The van der Waals surface area contributed by atoms with Gasteiger partial charge in [-0.25, -0.2) is 8.78 Å². The van der Waals surface area contributed by atoms with Gasteiger partial charge < -0.3 is 5.11 Å². The largest absolute Gasteiger partial charge is 0.481 e. The highest BCUT2D eigenvalue weighted by Crippen LogP contribution is 2.25. The van der Waals surface area contributed by atoms with Gasteiger partial charge >= 0.3 is 5.97 Å². The standard InChI is InChI=1S/C9H8BrF2NO2/c10-5-1-2-7(13-4-5)6(9(11)12)3-8(14)15/h1-2,4,6,9H,3H2,(H,14,15). The molecule has 0 aliphatic rings. The van der Waals surface area contributed by atoms with E-state index in [1.54, 1.807) is 6.07 Å². The molecule has 0 bridgehead atoms. The van der Waals surface area contributed by atoms with Gasteiger partial charge in [-0.2, -0.15) is 0 Å². The van der Waals surface area contributed by atoms with Crippen LogP contribution in [0.5, 0.6) is 0 Å². The van der Waals surface area contributed by atoms with Crippen molar-refractivity contribution in [1.82, 2.24) is 4.98 Å². The maximum atomic E-state index is 12.5. The van der Waals surface area contributed by atoms with Crippen LogP contribution >= 0.6 is 15.9 Å². The van der Waals surface area contributed by atoms with E-state index in [9.17, 15) is 13.6 Å². The molecule has 0 fully saturated rings. The quantitative estimate of drug-likeness (QED) is 0.922. The second-order valence-electron chi connectivity index (χ2n) is 2.94. The number of hydrogen-bond donors (Lipinski definition) is 1. The lowest BCUT2D eigenvalue weighted by molar-refractivity contribution is -0.138. The topological polar surface area (TPSA) is 50.2 Å². The molecule has 3 nitrogen and oxygen atoms in total. The van der Waals surface area contributed by atoms with Gasteiger partial charge in [0, 0.05) is 16.4 Å². The molecule has 0 saturated carbocycles. The molecule has 1 aromatic heterocycles. The average Bonchev–Trinajstić information content (AvgIpc) is 2.15. The summed E-state index contributed by atoms with van der Waals surface area (Å²) in [6.07, 6.45) is -1.98. The van der Waals surface area contributed by atoms with Gasteiger partial charge in [0.15, 0.2) is 0 Å². The van der Waals surface area contributed by atoms with Crippen LogP contribution in [0.4, 0.5) is 8.78 Å². The Bertz CT molecular complexity index is 342. The number of carboxylic acid groups (broad SMARTS) is 1.